The molecule has 0 aromatic heterocycles. The maximum Gasteiger partial charge on any atom is 0.495 e. The summed E-state index contributed by atoms with van der Waals surface area (Å²) in [5.74, 6) is -0.0429. The van der Waals surface area contributed by atoms with Gasteiger partial charge in [0, 0.05) is 11.0 Å². The summed E-state index contributed by atoms with van der Waals surface area (Å²) in [6, 6.07) is 2.73. The number of aliphatic hydroxyl groups excluding tert-OH is 1. The van der Waals surface area contributed by atoms with Crippen molar-refractivity contribution in [3.63, 3.8) is 0 Å². The van der Waals surface area contributed by atoms with Crippen LogP contribution in [0.1, 0.15) is 25.0 Å². The van der Waals surface area contributed by atoms with Crippen LogP contribution in [0.25, 0.3) is 0 Å². The van der Waals surface area contributed by atoms with Crippen LogP contribution in [0.4, 0.5) is 4.39 Å². The molecule has 0 fully saturated rings. The zero-order chi connectivity index (χ0) is 12.4. The molecule has 0 aliphatic carbocycles. The Morgan fingerprint density at radius 2 is 2.29 bits per heavy atom. The Labute approximate surface area is 99.1 Å². The minimum Gasteiger partial charge on any atom is -0.492 e. The van der Waals surface area contributed by atoms with Crippen LogP contribution in [-0.4, -0.2) is 30.5 Å². The van der Waals surface area contributed by atoms with Gasteiger partial charge in [-0.1, -0.05) is 6.92 Å². The summed E-state index contributed by atoms with van der Waals surface area (Å²) in [5, 5.41) is 18.5. The number of hydrogen-bond acceptors (Lipinski definition) is 4. The smallest absolute Gasteiger partial charge is 0.492 e. The topological polar surface area (TPSA) is 58.9 Å². The Morgan fingerprint density at radius 1 is 1.53 bits per heavy atom. The molecule has 1 atom stereocenters. The molecule has 1 aliphatic rings. The van der Waals surface area contributed by atoms with E-state index < -0.39 is 19.0 Å². The maximum atomic E-state index is 13.7. The minimum absolute atomic E-state index is 0.0988. The highest BCUT2D eigenvalue weighted by atomic mass is 19.1. The van der Waals surface area contributed by atoms with E-state index in [-0.39, 0.29) is 13.2 Å². The molecule has 1 heterocycles. The third kappa shape index (κ3) is 2.16. The van der Waals surface area contributed by atoms with Crippen LogP contribution in [0.5, 0.6) is 5.75 Å². The van der Waals surface area contributed by atoms with Gasteiger partial charge in [0.25, 0.3) is 0 Å². The molecule has 0 saturated carbocycles. The molecule has 2 N–H and O–H groups in total. The van der Waals surface area contributed by atoms with Gasteiger partial charge in [-0.2, -0.15) is 0 Å². The Morgan fingerprint density at radius 3 is 2.94 bits per heavy atom. The van der Waals surface area contributed by atoms with Crippen molar-refractivity contribution in [2.75, 3.05) is 13.2 Å². The Balaban J connectivity index is 2.42. The van der Waals surface area contributed by atoms with Crippen LogP contribution in [0, 0.1) is 5.82 Å². The molecule has 1 aromatic carbocycles. The summed E-state index contributed by atoms with van der Waals surface area (Å²) in [5.41, 5.74) is 0.695. The van der Waals surface area contributed by atoms with Crippen molar-refractivity contribution >= 4 is 12.6 Å². The standard InChI is InChI=1S/C11H14BFO4/c1-2-8-10-7(13)3-4-9(16-6-5-14)11(10)12(15)17-8/h3-4,8,14-15H,2,5-6H2,1H3/t8-/m1/s1. The van der Waals surface area contributed by atoms with Gasteiger partial charge in [0.15, 0.2) is 0 Å². The van der Waals surface area contributed by atoms with Gasteiger partial charge >= 0.3 is 7.12 Å². The molecule has 2 rings (SSSR count). The van der Waals surface area contributed by atoms with Gasteiger partial charge in [-0.25, -0.2) is 4.39 Å². The number of fused-ring (bicyclic) bond motifs is 1. The second kappa shape index (κ2) is 5.04. The molecule has 17 heavy (non-hydrogen) atoms. The molecule has 6 heteroatoms. The highest BCUT2D eigenvalue weighted by Gasteiger charge is 2.39. The van der Waals surface area contributed by atoms with Crippen LogP contribution >= 0.6 is 0 Å². The summed E-state index contributed by atoms with van der Waals surface area (Å²) < 4.78 is 24.2. The highest BCUT2D eigenvalue weighted by molar-refractivity contribution is 6.62. The van der Waals surface area contributed by atoms with E-state index in [1.165, 1.54) is 12.1 Å². The van der Waals surface area contributed by atoms with Gasteiger partial charge < -0.3 is 19.5 Å². The Bertz CT molecular complexity index is 413. The lowest BCUT2D eigenvalue weighted by molar-refractivity contribution is 0.183. The lowest BCUT2D eigenvalue weighted by Crippen LogP contribution is -2.30. The average molecular weight is 240 g/mol. The molecule has 4 nitrogen and oxygen atoms in total. The van der Waals surface area contributed by atoms with Gasteiger partial charge in [0.1, 0.15) is 18.2 Å². The predicted molar refractivity (Wildman–Crippen MR) is 60.7 cm³/mol. The number of hydrogen-bond donors (Lipinski definition) is 2. The highest BCUT2D eigenvalue weighted by Crippen LogP contribution is 2.31. The van der Waals surface area contributed by atoms with Crippen molar-refractivity contribution in [1.29, 1.82) is 0 Å². The van der Waals surface area contributed by atoms with E-state index in [0.29, 0.717) is 23.2 Å². The Kier molecular flexibility index (Phi) is 3.66. The van der Waals surface area contributed by atoms with Crippen molar-refractivity contribution in [2.24, 2.45) is 0 Å². The summed E-state index contributed by atoms with van der Waals surface area (Å²) in [4.78, 5) is 0. The van der Waals surface area contributed by atoms with Crippen molar-refractivity contribution < 1.29 is 23.9 Å². The van der Waals surface area contributed by atoms with E-state index in [1.54, 1.807) is 0 Å². The molecule has 0 spiro atoms. The van der Waals surface area contributed by atoms with Gasteiger partial charge in [-0.15, -0.1) is 0 Å². The van der Waals surface area contributed by atoms with Crippen molar-refractivity contribution in [1.82, 2.24) is 0 Å². The third-order valence-electron chi connectivity index (χ3n) is 2.78. The number of halogens is 1. The van der Waals surface area contributed by atoms with E-state index >= 15 is 0 Å². The first-order chi connectivity index (χ1) is 8.19. The zero-order valence-electron chi connectivity index (χ0n) is 9.52. The van der Waals surface area contributed by atoms with Crippen LogP contribution in [0.15, 0.2) is 12.1 Å². The Hall–Kier alpha value is -1.11. The first-order valence-corrected chi connectivity index (χ1v) is 5.58. The fourth-order valence-corrected chi connectivity index (χ4v) is 2.05. The lowest BCUT2D eigenvalue weighted by atomic mass is 9.78. The van der Waals surface area contributed by atoms with E-state index in [1.807, 2.05) is 6.92 Å². The average Bonchev–Trinajstić information content (AvgIpc) is 2.67. The molecular formula is C11H14BFO4. The SMILES string of the molecule is CC[C@H]1OB(O)c2c(OCCO)ccc(F)c21. The molecule has 0 amide bonds. The predicted octanol–water partition coefficient (Wildman–Crippen LogP) is 0.366. The van der Waals surface area contributed by atoms with Crippen molar-refractivity contribution in [3.05, 3.63) is 23.5 Å². The second-order valence-electron chi connectivity index (χ2n) is 3.83. The first kappa shape index (κ1) is 12.4. The minimum atomic E-state index is -1.17. The molecular weight excluding hydrogens is 226 g/mol. The summed E-state index contributed by atoms with van der Waals surface area (Å²) >= 11 is 0. The third-order valence-corrected chi connectivity index (χ3v) is 2.78. The molecule has 1 aliphatic heterocycles. The number of ether oxygens (including phenoxy) is 1. The molecule has 1 aromatic rings. The van der Waals surface area contributed by atoms with Gasteiger partial charge in [-0.05, 0) is 18.6 Å². The number of benzene rings is 1. The van der Waals surface area contributed by atoms with E-state index in [2.05, 4.69) is 0 Å². The first-order valence-electron chi connectivity index (χ1n) is 5.58. The fraction of sp³-hybridized carbons (Fsp3) is 0.455. The molecule has 0 bridgehead atoms. The molecule has 0 radical (unpaired) electrons. The molecule has 92 valence electrons. The van der Waals surface area contributed by atoms with Crippen molar-refractivity contribution in [3.8, 4) is 5.75 Å². The summed E-state index contributed by atoms with van der Waals surface area (Å²) in [6.45, 7) is 1.81. The van der Waals surface area contributed by atoms with Crippen molar-refractivity contribution in [2.45, 2.75) is 19.4 Å². The van der Waals surface area contributed by atoms with Crippen LogP contribution in [0.2, 0.25) is 0 Å². The largest absolute Gasteiger partial charge is 0.495 e. The van der Waals surface area contributed by atoms with Crippen LogP contribution < -0.4 is 10.2 Å². The monoisotopic (exact) mass is 240 g/mol. The second-order valence-corrected chi connectivity index (χ2v) is 3.83. The lowest BCUT2D eigenvalue weighted by Gasteiger charge is -2.11. The van der Waals surface area contributed by atoms with Crippen LogP contribution in [0.3, 0.4) is 0 Å². The summed E-state index contributed by atoms with van der Waals surface area (Å²) in [7, 11) is -1.17. The molecule has 0 unspecified atom stereocenters. The summed E-state index contributed by atoms with van der Waals surface area (Å²) in [6.07, 6.45) is 0.127. The van der Waals surface area contributed by atoms with E-state index in [0.717, 1.165) is 0 Å². The van der Waals surface area contributed by atoms with E-state index in [4.69, 9.17) is 14.5 Å². The number of rotatable bonds is 4. The zero-order valence-corrected chi connectivity index (χ0v) is 9.52. The molecule has 0 saturated heterocycles. The van der Waals surface area contributed by atoms with Gasteiger partial charge in [0.05, 0.1) is 12.7 Å². The number of aliphatic hydroxyl groups is 1. The van der Waals surface area contributed by atoms with E-state index in [9.17, 15) is 9.41 Å². The van der Waals surface area contributed by atoms with Gasteiger partial charge in [-0.3, -0.25) is 0 Å². The van der Waals surface area contributed by atoms with Gasteiger partial charge in [0.2, 0.25) is 0 Å². The maximum absolute atomic E-state index is 13.7. The normalized spacial score (nSPS) is 18.4. The van der Waals surface area contributed by atoms with Crippen LogP contribution in [-0.2, 0) is 4.65 Å². The fourth-order valence-electron chi connectivity index (χ4n) is 2.05. The quantitative estimate of drug-likeness (QED) is 0.746.